The van der Waals surface area contributed by atoms with Crippen molar-refractivity contribution >= 4 is 6.03 Å². The van der Waals surface area contributed by atoms with Crippen LogP contribution in [-0.2, 0) is 0 Å². The van der Waals surface area contributed by atoms with Gasteiger partial charge in [0.05, 0.1) is 0 Å². The largest absolute Gasteiger partial charge is 0.338 e. The predicted molar refractivity (Wildman–Crippen MR) is 89.9 cm³/mol. The van der Waals surface area contributed by atoms with Gasteiger partial charge in [0.25, 0.3) is 0 Å². The lowest BCUT2D eigenvalue weighted by Crippen LogP contribution is -2.59. The molecule has 0 aromatic rings. The van der Waals surface area contributed by atoms with Gasteiger partial charge in [0.2, 0.25) is 0 Å². The highest BCUT2D eigenvalue weighted by molar-refractivity contribution is 5.74. The van der Waals surface area contributed by atoms with Crippen molar-refractivity contribution in [2.45, 2.75) is 70.9 Å². The molecule has 0 aromatic heterocycles. The minimum absolute atomic E-state index is 0.177. The lowest BCUT2D eigenvalue weighted by atomic mass is 9.81. The third-order valence-electron chi connectivity index (χ3n) is 6.28. The van der Waals surface area contributed by atoms with Crippen molar-refractivity contribution in [3.05, 3.63) is 0 Å². The van der Waals surface area contributed by atoms with Crippen LogP contribution in [0, 0.1) is 11.8 Å². The van der Waals surface area contributed by atoms with Crippen LogP contribution in [0.25, 0.3) is 0 Å². The van der Waals surface area contributed by atoms with E-state index in [-0.39, 0.29) is 6.03 Å². The van der Waals surface area contributed by atoms with Gasteiger partial charge in [-0.15, -0.1) is 0 Å². The number of carbonyl (C=O) groups excluding carboxylic acids is 1. The molecule has 1 N–H and O–H groups in total. The van der Waals surface area contributed by atoms with Gasteiger partial charge in [0.1, 0.15) is 0 Å². The van der Waals surface area contributed by atoms with Crippen LogP contribution in [-0.4, -0.2) is 54.1 Å². The van der Waals surface area contributed by atoms with Gasteiger partial charge < -0.3 is 10.2 Å². The van der Waals surface area contributed by atoms with Crippen LogP contribution in [0.1, 0.15) is 58.8 Å². The van der Waals surface area contributed by atoms with Gasteiger partial charge in [-0.2, -0.15) is 0 Å². The van der Waals surface area contributed by atoms with Crippen molar-refractivity contribution in [3.8, 4) is 0 Å². The number of nitrogens with zero attached hydrogens (tertiary/aromatic N) is 2. The molecule has 2 amide bonds. The van der Waals surface area contributed by atoms with E-state index in [2.05, 4.69) is 29.0 Å². The fraction of sp³-hybridized carbons (Fsp3) is 0.944. The second-order valence-corrected chi connectivity index (χ2v) is 7.77. The highest BCUT2D eigenvalue weighted by Crippen LogP contribution is 2.30. The van der Waals surface area contributed by atoms with Crippen LogP contribution in [0.4, 0.5) is 4.79 Å². The van der Waals surface area contributed by atoms with E-state index in [1.807, 2.05) is 0 Å². The molecule has 3 fully saturated rings. The number of carbonyl (C=O) groups is 1. The van der Waals surface area contributed by atoms with Gasteiger partial charge in [-0.3, -0.25) is 4.90 Å². The maximum atomic E-state index is 12.6. The SMILES string of the molecule is CCC1CCC(CNC(=O)N2C[C@H]3CCCN3C[C@H]2C)CC1. The Morgan fingerprint density at radius 2 is 1.82 bits per heavy atom. The average Bonchev–Trinajstić information content (AvgIpc) is 2.99. The van der Waals surface area contributed by atoms with E-state index in [4.69, 9.17) is 0 Å². The molecule has 4 heteroatoms. The Labute approximate surface area is 135 Å². The number of hydrogen-bond donors (Lipinski definition) is 1. The first kappa shape index (κ1) is 16.1. The predicted octanol–water partition coefficient (Wildman–Crippen LogP) is 3.08. The number of amides is 2. The van der Waals surface area contributed by atoms with Gasteiger partial charge in [-0.25, -0.2) is 4.79 Å². The summed E-state index contributed by atoms with van der Waals surface area (Å²) < 4.78 is 0. The Balaban J connectivity index is 1.43. The summed E-state index contributed by atoms with van der Waals surface area (Å²) in [5.41, 5.74) is 0. The molecular formula is C18H33N3O. The fourth-order valence-electron chi connectivity index (χ4n) is 4.65. The van der Waals surface area contributed by atoms with Gasteiger partial charge in [0.15, 0.2) is 0 Å². The highest BCUT2D eigenvalue weighted by atomic mass is 16.2. The summed E-state index contributed by atoms with van der Waals surface area (Å²) >= 11 is 0. The third-order valence-corrected chi connectivity index (χ3v) is 6.28. The second-order valence-electron chi connectivity index (χ2n) is 7.77. The van der Waals surface area contributed by atoms with E-state index in [1.54, 1.807) is 0 Å². The smallest absolute Gasteiger partial charge is 0.317 e. The molecule has 0 spiro atoms. The first-order valence-electron chi connectivity index (χ1n) is 9.46. The molecule has 0 radical (unpaired) electrons. The summed E-state index contributed by atoms with van der Waals surface area (Å²) in [6, 6.07) is 1.14. The molecule has 1 saturated carbocycles. The highest BCUT2D eigenvalue weighted by Gasteiger charge is 2.36. The molecule has 2 saturated heterocycles. The third kappa shape index (κ3) is 3.58. The van der Waals surface area contributed by atoms with Crippen molar-refractivity contribution in [1.29, 1.82) is 0 Å². The first-order chi connectivity index (χ1) is 10.7. The van der Waals surface area contributed by atoms with E-state index in [0.29, 0.717) is 18.0 Å². The van der Waals surface area contributed by atoms with Crippen LogP contribution in [0.15, 0.2) is 0 Å². The van der Waals surface area contributed by atoms with Crippen LogP contribution in [0.3, 0.4) is 0 Å². The minimum Gasteiger partial charge on any atom is -0.338 e. The molecule has 22 heavy (non-hydrogen) atoms. The normalized spacial score (nSPS) is 36.2. The molecule has 0 unspecified atom stereocenters. The van der Waals surface area contributed by atoms with E-state index in [9.17, 15) is 4.79 Å². The summed E-state index contributed by atoms with van der Waals surface area (Å²) in [6.07, 6.45) is 9.19. The molecule has 0 bridgehead atoms. The Morgan fingerprint density at radius 3 is 2.55 bits per heavy atom. The molecule has 1 aliphatic carbocycles. The monoisotopic (exact) mass is 307 g/mol. The van der Waals surface area contributed by atoms with Crippen LogP contribution in [0.2, 0.25) is 0 Å². The molecule has 2 heterocycles. The zero-order valence-electron chi connectivity index (χ0n) is 14.4. The van der Waals surface area contributed by atoms with Crippen molar-refractivity contribution < 1.29 is 4.79 Å². The Bertz CT molecular complexity index is 379. The molecule has 4 nitrogen and oxygen atoms in total. The summed E-state index contributed by atoms with van der Waals surface area (Å²) in [6.45, 7) is 8.59. The summed E-state index contributed by atoms with van der Waals surface area (Å²) in [7, 11) is 0. The van der Waals surface area contributed by atoms with Crippen LogP contribution in [0.5, 0.6) is 0 Å². The molecule has 3 rings (SSSR count). The quantitative estimate of drug-likeness (QED) is 0.870. The van der Waals surface area contributed by atoms with E-state index in [0.717, 1.165) is 25.6 Å². The maximum Gasteiger partial charge on any atom is 0.317 e. The summed E-state index contributed by atoms with van der Waals surface area (Å²) in [5, 5.41) is 3.23. The molecule has 126 valence electrons. The fourth-order valence-corrected chi connectivity index (χ4v) is 4.65. The molecule has 2 aliphatic heterocycles. The van der Waals surface area contributed by atoms with Gasteiger partial charge in [-0.05, 0) is 51.0 Å². The number of urea groups is 1. The number of fused-ring (bicyclic) bond motifs is 1. The van der Waals surface area contributed by atoms with E-state index in [1.165, 1.54) is 51.5 Å². The second kappa shape index (κ2) is 7.20. The lowest BCUT2D eigenvalue weighted by molar-refractivity contribution is 0.0795. The Morgan fingerprint density at radius 1 is 1.09 bits per heavy atom. The van der Waals surface area contributed by atoms with E-state index >= 15 is 0 Å². The number of rotatable bonds is 3. The van der Waals surface area contributed by atoms with Crippen molar-refractivity contribution in [1.82, 2.24) is 15.1 Å². The zero-order chi connectivity index (χ0) is 15.5. The Hall–Kier alpha value is -0.770. The van der Waals surface area contributed by atoms with Crippen LogP contribution >= 0.6 is 0 Å². The molecule has 2 atom stereocenters. The summed E-state index contributed by atoms with van der Waals surface area (Å²) in [4.78, 5) is 17.2. The van der Waals surface area contributed by atoms with Gasteiger partial charge in [-0.1, -0.05) is 26.2 Å². The van der Waals surface area contributed by atoms with Crippen LogP contribution < -0.4 is 5.32 Å². The standard InChI is InChI=1S/C18H33N3O/c1-3-15-6-8-16(9-7-15)11-19-18(22)21-13-17-5-4-10-20(17)12-14(21)2/h14-17H,3-13H2,1-2H3,(H,19,22)/t14-,15?,16?,17-/m1/s1. The summed E-state index contributed by atoms with van der Waals surface area (Å²) in [5.74, 6) is 1.64. The maximum absolute atomic E-state index is 12.6. The number of piperazine rings is 1. The number of nitrogens with one attached hydrogen (secondary N) is 1. The van der Waals surface area contributed by atoms with E-state index < -0.39 is 0 Å². The minimum atomic E-state index is 0.177. The molecule has 0 aromatic carbocycles. The van der Waals surface area contributed by atoms with Crippen molar-refractivity contribution in [2.24, 2.45) is 11.8 Å². The van der Waals surface area contributed by atoms with Crippen molar-refractivity contribution in [2.75, 3.05) is 26.2 Å². The van der Waals surface area contributed by atoms with Crippen molar-refractivity contribution in [3.63, 3.8) is 0 Å². The first-order valence-corrected chi connectivity index (χ1v) is 9.46. The molecule has 3 aliphatic rings. The van der Waals surface area contributed by atoms with Gasteiger partial charge >= 0.3 is 6.03 Å². The number of hydrogen-bond acceptors (Lipinski definition) is 2. The molecular weight excluding hydrogens is 274 g/mol. The lowest BCUT2D eigenvalue weighted by Gasteiger charge is -2.42. The topological polar surface area (TPSA) is 35.6 Å². The Kier molecular flexibility index (Phi) is 5.27. The average molecular weight is 307 g/mol. The van der Waals surface area contributed by atoms with Gasteiger partial charge in [0, 0.05) is 31.7 Å². The zero-order valence-corrected chi connectivity index (χ0v) is 14.4.